The smallest absolute Gasteiger partial charge is 0.226 e. The minimum Gasteiger partial charge on any atom is -0.334 e. The molecule has 1 unspecified atom stereocenters. The van der Waals surface area contributed by atoms with E-state index in [0.717, 1.165) is 17.0 Å². The van der Waals surface area contributed by atoms with Crippen LogP contribution in [-0.2, 0) is 16.1 Å². The zero-order valence-electron chi connectivity index (χ0n) is 8.73. The Morgan fingerprint density at radius 3 is 3.19 bits per heavy atom. The predicted molar refractivity (Wildman–Crippen MR) is 61.1 cm³/mol. The summed E-state index contributed by atoms with van der Waals surface area (Å²) in [7, 11) is 0. The van der Waals surface area contributed by atoms with E-state index in [-0.39, 0.29) is 17.9 Å². The first-order valence-corrected chi connectivity index (χ1v) is 6.27. The molecule has 0 spiro atoms. The molecule has 3 rings (SSSR count). The van der Waals surface area contributed by atoms with Crippen molar-refractivity contribution in [2.75, 3.05) is 5.32 Å². The van der Waals surface area contributed by atoms with Gasteiger partial charge in [-0.25, -0.2) is 0 Å². The van der Waals surface area contributed by atoms with Crippen molar-refractivity contribution in [1.29, 1.82) is 0 Å². The van der Waals surface area contributed by atoms with Crippen molar-refractivity contribution in [2.45, 2.75) is 31.8 Å². The molecule has 2 aliphatic rings. The standard InChI is InChI=1S/C11H12N2O2S/c14-10-5-7-1-2-11(15)13(7)6-9-8(12-10)3-4-16-9/h3-4,7H,1-2,5-6H2,(H,12,14). The average Bonchev–Trinajstić information content (AvgIpc) is 2.77. The lowest BCUT2D eigenvalue weighted by atomic mass is 10.1. The third-order valence-corrected chi connectivity index (χ3v) is 4.11. The van der Waals surface area contributed by atoms with E-state index in [0.29, 0.717) is 19.4 Å². The lowest BCUT2D eigenvalue weighted by Crippen LogP contribution is -2.36. The maximum Gasteiger partial charge on any atom is 0.226 e. The van der Waals surface area contributed by atoms with Gasteiger partial charge in [0.15, 0.2) is 0 Å². The molecule has 0 aromatic carbocycles. The van der Waals surface area contributed by atoms with Gasteiger partial charge in [-0.15, -0.1) is 11.3 Å². The number of rotatable bonds is 0. The van der Waals surface area contributed by atoms with Crippen LogP contribution in [0.25, 0.3) is 0 Å². The molecule has 4 nitrogen and oxygen atoms in total. The highest BCUT2D eigenvalue weighted by Gasteiger charge is 2.34. The van der Waals surface area contributed by atoms with Gasteiger partial charge in [-0.05, 0) is 17.9 Å². The van der Waals surface area contributed by atoms with Crippen molar-refractivity contribution in [3.8, 4) is 0 Å². The van der Waals surface area contributed by atoms with Crippen LogP contribution < -0.4 is 5.32 Å². The summed E-state index contributed by atoms with van der Waals surface area (Å²) < 4.78 is 0. The average molecular weight is 236 g/mol. The van der Waals surface area contributed by atoms with Crippen molar-refractivity contribution in [3.05, 3.63) is 16.3 Å². The first-order valence-electron chi connectivity index (χ1n) is 5.40. The molecule has 1 aromatic rings. The van der Waals surface area contributed by atoms with Gasteiger partial charge in [0.25, 0.3) is 0 Å². The summed E-state index contributed by atoms with van der Waals surface area (Å²) in [5.41, 5.74) is 0.869. The number of amides is 2. The third kappa shape index (κ3) is 1.51. The highest BCUT2D eigenvalue weighted by atomic mass is 32.1. The van der Waals surface area contributed by atoms with Gasteiger partial charge in [-0.1, -0.05) is 0 Å². The normalized spacial score (nSPS) is 24.5. The lowest BCUT2D eigenvalue weighted by Gasteiger charge is -2.26. The summed E-state index contributed by atoms with van der Waals surface area (Å²) in [5, 5.41) is 4.85. The molecule has 2 aliphatic heterocycles. The van der Waals surface area contributed by atoms with E-state index in [2.05, 4.69) is 5.32 Å². The van der Waals surface area contributed by atoms with E-state index < -0.39 is 0 Å². The Morgan fingerprint density at radius 1 is 1.44 bits per heavy atom. The van der Waals surface area contributed by atoms with Gasteiger partial charge < -0.3 is 10.2 Å². The van der Waals surface area contributed by atoms with Crippen LogP contribution in [0.4, 0.5) is 5.69 Å². The quantitative estimate of drug-likeness (QED) is 0.743. The summed E-state index contributed by atoms with van der Waals surface area (Å²) in [5.74, 6) is 0.197. The summed E-state index contributed by atoms with van der Waals surface area (Å²) in [6.45, 7) is 0.650. The third-order valence-electron chi connectivity index (χ3n) is 3.21. The fraction of sp³-hybridized carbons (Fsp3) is 0.455. The van der Waals surface area contributed by atoms with Crippen LogP contribution >= 0.6 is 11.3 Å². The van der Waals surface area contributed by atoms with Crippen molar-refractivity contribution < 1.29 is 9.59 Å². The molecule has 16 heavy (non-hydrogen) atoms. The minimum atomic E-state index is 0.0176. The molecule has 1 aromatic heterocycles. The van der Waals surface area contributed by atoms with Crippen LogP contribution in [0.5, 0.6) is 0 Å². The maximum atomic E-state index is 11.7. The van der Waals surface area contributed by atoms with E-state index in [1.54, 1.807) is 11.3 Å². The molecule has 0 radical (unpaired) electrons. The topological polar surface area (TPSA) is 49.4 Å². The first-order chi connectivity index (χ1) is 7.74. The number of carbonyl (C=O) groups is 2. The van der Waals surface area contributed by atoms with Crippen molar-refractivity contribution in [1.82, 2.24) is 4.90 Å². The van der Waals surface area contributed by atoms with Crippen LogP contribution in [0.15, 0.2) is 11.4 Å². The Hall–Kier alpha value is -1.36. The molecular weight excluding hydrogens is 224 g/mol. The molecule has 84 valence electrons. The number of thiophene rings is 1. The molecule has 0 bridgehead atoms. The fourth-order valence-corrected chi connectivity index (χ4v) is 3.20. The van der Waals surface area contributed by atoms with E-state index in [4.69, 9.17) is 0 Å². The Kier molecular flexibility index (Phi) is 2.21. The molecular formula is C11H12N2O2S. The maximum absolute atomic E-state index is 11.7. The molecule has 1 N–H and O–H groups in total. The summed E-state index contributed by atoms with van der Waals surface area (Å²) in [6.07, 6.45) is 1.83. The van der Waals surface area contributed by atoms with E-state index in [1.807, 2.05) is 16.3 Å². The van der Waals surface area contributed by atoms with Crippen molar-refractivity contribution in [3.63, 3.8) is 0 Å². The van der Waals surface area contributed by atoms with Crippen LogP contribution in [0, 0.1) is 0 Å². The van der Waals surface area contributed by atoms with Gasteiger partial charge in [-0.3, -0.25) is 9.59 Å². The minimum absolute atomic E-state index is 0.0176. The Morgan fingerprint density at radius 2 is 2.31 bits per heavy atom. The lowest BCUT2D eigenvalue weighted by molar-refractivity contribution is -0.130. The van der Waals surface area contributed by atoms with Crippen molar-refractivity contribution >= 4 is 28.8 Å². The van der Waals surface area contributed by atoms with Gasteiger partial charge in [0.1, 0.15) is 0 Å². The molecule has 2 amide bonds. The van der Waals surface area contributed by atoms with Crippen LogP contribution in [-0.4, -0.2) is 22.8 Å². The Labute approximate surface area is 97.2 Å². The molecule has 1 saturated heterocycles. The number of hydrogen-bond acceptors (Lipinski definition) is 3. The first kappa shape index (κ1) is 9.84. The van der Waals surface area contributed by atoms with Gasteiger partial charge in [0.2, 0.25) is 11.8 Å². The number of hydrogen-bond donors (Lipinski definition) is 1. The number of fused-ring (bicyclic) bond motifs is 2. The largest absolute Gasteiger partial charge is 0.334 e. The second kappa shape index (κ2) is 3.59. The van der Waals surface area contributed by atoms with Gasteiger partial charge in [-0.2, -0.15) is 0 Å². The molecule has 0 aliphatic carbocycles. The highest BCUT2D eigenvalue weighted by Crippen LogP contribution is 2.31. The summed E-state index contributed by atoms with van der Waals surface area (Å²) >= 11 is 1.59. The van der Waals surface area contributed by atoms with E-state index in [9.17, 15) is 9.59 Å². The molecule has 3 heterocycles. The van der Waals surface area contributed by atoms with Gasteiger partial charge in [0.05, 0.1) is 12.2 Å². The van der Waals surface area contributed by atoms with Crippen molar-refractivity contribution in [2.24, 2.45) is 0 Å². The SMILES string of the molecule is O=C1CC2CCC(=O)N2Cc2sccc2N1. The predicted octanol–water partition coefficient (Wildman–Crippen LogP) is 1.58. The highest BCUT2D eigenvalue weighted by molar-refractivity contribution is 7.10. The summed E-state index contributed by atoms with van der Waals surface area (Å²) in [4.78, 5) is 26.3. The second-order valence-electron chi connectivity index (χ2n) is 4.22. The van der Waals surface area contributed by atoms with Crippen LogP contribution in [0.1, 0.15) is 24.1 Å². The monoisotopic (exact) mass is 236 g/mol. The number of nitrogens with one attached hydrogen (secondary N) is 1. The molecule has 1 atom stereocenters. The second-order valence-corrected chi connectivity index (χ2v) is 5.22. The van der Waals surface area contributed by atoms with Crippen LogP contribution in [0.3, 0.4) is 0 Å². The van der Waals surface area contributed by atoms with Gasteiger partial charge >= 0.3 is 0 Å². The number of anilines is 1. The van der Waals surface area contributed by atoms with Gasteiger partial charge in [0, 0.05) is 23.8 Å². The number of nitrogens with zero attached hydrogens (tertiary/aromatic N) is 1. The zero-order chi connectivity index (χ0) is 11.1. The Bertz CT molecular complexity index is 455. The van der Waals surface area contributed by atoms with E-state index in [1.165, 1.54) is 0 Å². The Balaban J connectivity index is 1.97. The van der Waals surface area contributed by atoms with E-state index >= 15 is 0 Å². The summed E-state index contributed by atoms with van der Waals surface area (Å²) in [6, 6.07) is 2.00. The fourth-order valence-electron chi connectivity index (χ4n) is 2.37. The number of carbonyl (C=O) groups excluding carboxylic acids is 2. The molecule has 0 saturated carbocycles. The zero-order valence-corrected chi connectivity index (χ0v) is 9.55. The van der Waals surface area contributed by atoms with Crippen LogP contribution in [0.2, 0.25) is 0 Å². The molecule has 1 fully saturated rings. The molecule has 5 heteroatoms.